The van der Waals surface area contributed by atoms with Crippen LogP contribution in [0.5, 0.6) is 0 Å². The minimum Gasteiger partial charge on any atom is -0.385 e. The van der Waals surface area contributed by atoms with Gasteiger partial charge in [-0.05, 0) is 19.3 Å². The van der Waals surface area contributed by atoms with Crippen LogP contribution in [-0.4, -0.2) is 40.0 Å². The maximum Gasteiger partial charge on any atom is 0.212 e. The number of hydrogen-bond donors (Lipinski definition) is 2. The minimum absolute atomic E-state index is 0.114. The van der Waals surface area contributed by atoms with E-state index in [0.717, 1.165) is 25.7 Å². The molecule has 0 aromatic heterocycles. The Kier molecular flexibility index (Phi) is 6.55. The lowest BCUT2D eigenvalue weighted by Crippen LogP contribution is -2.53. The Labute approximate surface area is 111 Å². The standard InChI is InChI=1S/C12H26N2O3S/c1-17-9-6-10-18(15,16)14-12(11-13)7-4-2-3-5-8-12/h14H,2-11,13H2,1H3. The highest BCUT2D eigenvalue weighted by Crippen LogP contribution is 2.27. The molecule has 0 heterocycles. The topological polar surface area (TPSA) is 81.4 Å². The van der Waals surface area contributed by atoms with Gasteiger partial charge in [0.1, 0.15) is 0 Å². The molecule has 108 valence electrons. The van der Waals surface area contributed by atoms with Gasteiger partial charge in [-0.1, -0.05) is 25.7 Å². The average Bonchev–Trinajstić information content (AvgIpc) is 2.55. The van der Waals surface area contributed by atoms with E-state index in [9.17, 15) is 8.42 Å². The molecule has 0 spiro atoms. The SMILES string of the molecule is COCCCS(=O)(=O)NC1(CN)CCCCCC1. The summed E-state index contributed by atoms with van der Waals surface area (Å²) in [6.07, 6.45) is 6.68. The monoisotopic (exact) mass is 278 g/mol. The van der Waals surface area contributed by atoms with Crippen molar-refractivity contribution in [2.45, 2.75) is 50.5 Å². The molecule has 1 aliphatic carbocycles. The molecule has 6 heteroatoms. The molecule has 1 saturated carbocycles. The molecule has 3 N–H and O–H groups in total. The molecule has 0 bridgehead atoms. The number of sulfonamides is 1. The zero-order valence-electron chi connectivity index (χ0n) is 11.3. The summed E-state index contributed by atoms with van der Waals surface area (Å²) in [6, 6.07) is 0. The van der Waals surface area contributed by atoms with E-state index >= 15 is 0 Å². The van der Waals surface area contributed by atoms with Crippen LogP contribution in [0.15, 0.2) is 0 Å². The molecule has 0 radical (unpaired) electrons. The van der Waals surface area contributed by atoms with Gasteiger partial charge in [0.05, 0.1) is 5.75 Å². The van der Waals surface area contributed by atoms with Crippen LogP contribution in [0.25, 0.3) is 0 Å². The summed E-state index contributed by atoms with van der Waals surface area (Å²) in [7, 11) is -1.67. The van der Waals surface area contributed by atoms with Gasteiger partial charge in [0.2, 0.25) is 10.0 Å². The highest BCUT2D eigenvalue weighted by Gasteiger charge is 2.33. The lowest BCUT2D eigenvalue weighted by atomic mass is 9.92. The van der Waals surface area contributed by atoms with Crippen LogP contribution < -0.4 is 10.5 Å². The fourth-order valence-corrected chi connectivity index (χ4v) is 4.07. The largest absolute Gasteiger partial charge is 0.385 e. The van der Waals surface area contributed by atoms with Crippen molar-refractivity contribution >= 4 is 10.0 Å². The van der Waals surface area contributed by atoms with Crippen molar-refractivity contribution in [2.24, 2.45) is 5.73 Å². The molecule has 0 aromatic carbocycles. The summed E-state index contributed by atoms with van der Waals surface area (Å²) in [4.78, 5) is 0. The van der Waals surface area contributed by atoms with Gasteiger partial charge >= 0.3 is 0 Å². The van der Waals surface area contributed by atoms with E-state index in [0.29, 0.717) is 19.6 Å². The lowest BCUT2D eigenvalue weighted by Gasteiger charge is -2.32. The van der Waals surface area contributed by atoms with Gasteiger partial charge in [-0.2, -0.15) is 0 Å². The van der Waals surface area contributed by atoms with Crippen molar-refractivity contribution in [3.05, 3.63) is 0 Å². The second-order valence-electron chi connectivity index (χ2n) is 5.17. The number of nitrogens with two attached hydrogens (primary N) is 1. The number of nitrogens with one attached hydrogen (secondary N) is 1. The van der Waals surface area contributed by atoms with E-state index in [1.54, 1.807) is 7.11 Å². The molecule has 1 fully saturated rings. The molecule has 0 amide bonds. The summed E-state index contributed by atoms with van der Waals surface area (Å²) in [5.41, 5.74) is 5.40. The molecular weight excluding hydrogens is 252 g/mol. The first-order chi connectivity index (χ1) is 8.54. The van der Waals surface area contributed by atoms with Crippen LogP contribution in [0.4, 0.5) is 0 Å². The Balaban J connectivity index is 2.59. The van der Waals surface area contributed by atoms with Gasteiger partial charge in [-0.15, -0.1) is 0 Å². The van der Waals surface area contributed by atoms with Gasteiger partial charge in [0.15, 0.2) is 0 Å². The van der Waals surface area contributed by atoms with Crippen LogP contribution in [-0.2, 0) is 14.8 Å². The van der Waals surface area contributed by atoms with E-state index < -0.39 is 15.6 Å². The van der Waals surface area contributed by atoms with Gasteiger partial charge in [0, 0.05) is 25.8 Å². The first-order valence-electron chi connectivity index (χ1n) is 6.74. The Morgan fingerprint density at radius 2 is 1.83 bits per heavy atom. The summed E-state index contributed by atoms with van der Waals surface area (Å²) < 4.78 is 31.8. The van der Waals surface area contributed by atoms with Gasteiger partial charge in [0.25, 0.3) is 0 Å². The summed E-state index contributed by atoms with van der Waals surface area (Å²) in [5.74, 6) is 0.114. The molecule has 1 rings (SSSR count). The minimum atomic E-state index is -3.25. The smallest absolute Gasteiger partial charge is 0.212 e. The second kappa shape index (κ2) is 7.43. The highest BCUT2D eigenvalue weighted by atomic mass is 32.2. The molecule has 0 aliphatic heterocycles. The Morgan fingerprint density at radius 1 is 1.22 bits per heavy atom. The summed E-state index contributed by atoms with van der Waals surface area (Å²) in [6.45, 7) is 0.854. The van der Waals surface area contributed by atoms with E-state index in [4.69, 9.17) is 10.5 Å². The molecule has 5 nitrogen and oxygen atoms in total. The van der Waals surface area contributed by atoms with E-state index in [2.05, 4.69) is 4.72 Å². The average molecular weight is 278 g/mol. The van der Waals surface area contributed by atoms with Crippen molar-refractivity contribution < 1.29 is 13.2 Å². The number of rotatable bonds is 7. The van der Waals surface area contributed by atoms with Crippen molar-refractivity contribution in [3.8, 4) is 0 Å². The van der Waals surface area contributed by atoms with Crippen LogP contribution in [0.2, 0.25) is 0 Å². The van der Waals surface area contributed by atoms with Crippen LogP contribution >= 0.6 is 0 Å². The fraction of sp³-hybridized carbons (Fsp3) is 1.00. The third-order valence-electron chi connectivity index (χ3n) is 3.58. The maximum absolute atomic E-state index is 12.0. The predicted octanol–water partition coefficient (Wildman–Crippen LogP) is 0.994. The van der Waals surface area contributed by atoms with E-state index in [1.807, 2.05) is 0 Å². The zero-order chi connectivity index (χ0) is 13.5. The van der Waals surface area contributed by atoms with E-state index in [-0.39, 0.29) is 5.75 Å². The molecule has 0 atom stereocenters. The van der Waals surface area contributed by atoms with Crippen LogP contribution in [0, 0.1) is 0 Å². The van der Waals surface area contributed by atoms with Crippen molar-refractivity contribution in [3.63, 3.8) is 0 Å². The van der Waals surface area contributed by atoms with Gasteiger partial charge in [-0.3, -0.25) is 0 Å². The zero-order valence-corrected chi connectivity index (χ0v) is 12.1. The van der Waals surface area contributed by atoms with Crippen molar-refractivity contribution in [1.29, 1.82) is 0 Å². The first kappa shape index (κ1) is 15.9. The highest BCUT2D eigenvalue weighted by molar-refractivity contribution is 7.89. The first-order valence-corrected chi connectivity index (χ1v) is 8.39. The summed E-state index contributed by atoms with van der Waals surface area (Å²) in [5, 5.41) is 0. The summed E-state index contributed by atoms with van der Waals surface area (Å²) >= 11 is 0. The van der Waals surface area contributed by atoms with Crippen molar-refractivity contribution in [2.75, 3.05) is 26.0 Å². The molecular formula is C12H26N2O3S. The number of ether oxygens (including phenoxy) is 1. The molecule has 0 saturated heterocycles. The maximum atomic E-state index is 12.0. The quantitative estimate of drug-likeness (QED) is 0.537. The number of hydrogen-bond acceptors (Lipinski definition) is 4. The van der Waals surface area contributed by atoms with Crippen LogP contribution in [0.3, 0.4) is 0 Å². The Bertz CT molecular complexity index is 322. The van der Waals surface area contributed by atoms with Gasteiger partial charge < -0.3 is 10.5 Å². The molecule has 0 unspecified atom stereocenters. The normalized spacial score (nSPS) is 20.6. The van der Waals surface area contributed by atoms with Gasteiger partial charge in [-0.25, -0.2) is 13.1 Å². The van der Waals surface area contributed by atoms with Crippen LogP contribution in [0.1, 0.15) is 44.9 Å². The third-order valence-corrected chi connectivity index (χ3v) is 5.16. The Morgan fingerprint density at radius 3 is 2.33 bits per heavy atom. The van der Waals surface area contributed by atoms with E-state index in [1.165, 1.54) is 12.8 Å². The molecule has 18 heavy (non-hydrogen) atoms. The molecule has 1 aliphatic rings. The second-order valence-corrected chi connectivity index (χ2v) is 7.01. The molecule has 0 aromatic rings. The third kappa shape index (κ3) is 5.22. The fourth-order valence-electron chi connectivity index (χ4n) is 2.53. The lowest BCUT2D eigenvalue weighted by molar-refractivity contribution is 0.199. The predicted molar refractivity (Wildman–Crippen MR) is 72.9 cm³/mol. The van der Waals surface area contributed by atoms with Crippen molar-refractivity contribution in [1.82, 2.24) is 4.72 Å². The number of methoxy groups -OCH3 is 1. The Hall–Kier alpha value is -0.170.